The molecule has 0 bridgehead atoms. The summed E-state index contributed by atoms with van der Waals surface area (Å²) in [6.07, 6.45) is 7.81. The third-order valence-electron chi connectivity index (χ3n) is 4.71. The van der Waals surface area contributed by atoms with E-state index in [1.165, 1.54) is 24.0 Å². The monoisotopic (exact) mass is 273 g/mol. The summed E-state index contributed by atoms with van der Waals surface area (Å²) in [5, 5.41) is 3.27. The summed E-state index contributed by atoms with van der Waals surface area (Å²) in [4.78, 5) is 12.3. The normalized spacial score (nSPS) is 22.4. The molecule has 0 aromatic heterocycles. The SMILES string of the molecule is COc1ccc2c(c1)CCCC2NC(=O)C1CCCC1. The second-order valence-electron chi connectivity index (χ2n) is 6.00. The number of ether oxygens (including phenoxy) is 1. The van der Waals surface area contributed by atoms with Gasteiger partial charge >= 0.3 is 0 Å². The number of carbonyl (C=O) groups is 1. The number of hydrogen-bond donors (Lipinski definition) is 1. The first-order valence-corrected chi connectivity index (χ1v) is 7.75. The van der Waals surface area contributed by atoms with Crippen LogP contribution in [0.15, 0.2) is 18.2 Å². The highest BCUT2D eigenvalue weighted by molar-refractivity contribution is 5.79. The quantitative estimate of drug-likeness (QED) is 0.917. The molecular weight excluding hydrogens is 250 g/mol. The van der Waals surface area contributed by atoms with Gasteiger partial charge in [0.1, 0.15) is 5.75 Å². The van der Waals surface area contributed by atoms with Crippen molar-refractivity contribution in [2.24, 2.45) is 5.92 Å². The number of methoxy groups -OCH3 is 1. The molecule has 0 aliphatic heterocycles. The summed E-state index contributed by atoms with van der Waals surface area (Å²) < 4.78 is 5.29. The zero-order valence-corrected chi connectivity index (χ0v) is 12.2. The standard InChI is InChI=1S/C17H23NO2/c1-20-14-9-10-15-13(11-14)7-4-8-16(15)18-17(19)12-5-2-3-6-12/h9-12,16H,2-8H2,1H3,(H,18,19). The van der Waals surface area contributed by atoms with Gasteiger partial charge in [-0.2, -0.15) is 0 Å². The van der Waals surface area contributed by atoms with Gasteiger partial charge < -0.3 is 10.1 Å². The molecule has 1 unspecified atom stereocenters. The Bertz CT molecular complexity index is 492. The number of aryl methyl sites for hydroxylation is 1. The number of nitrogens with one attached hydrogen (secondary N) is 1. The van der Waals surface area contributed by atoms with E-state index in [0.29, 0.717) is 0 Å². The zero-order valence-electron chi connectivity index (χ0n) is 12.2. The Labute approximate surface area is 120 Å². The minimum Gasteiger partial charge on any atom is -0.497 e. The van der Waals surface area contributed by atoms with Crippen LogP contribution < -0.4 is 10.1 Å². The van der Waals surface area contributed by atoms with Gasteiger partial charge in [-0.15, -0.1) is 0 Å². The van der Waals surface area contributed by atoms with Crippen molar-refractivity contribution in [1.82, 2.24) is 5.32 Å². The molecule has 1 aromatic rings. The fourth-order valence-electron chi connectivity index (χ4n) is 3.55. The third kappa shape index (κ3) is 2.67. The molecule has 1 amide bonds. The average molecular weight is 273 g/mol. The van der Waals surface area contributed by atoms with Crippen molar-refractivity contribution in [3.63, 3.8) is 0 Å². The van der Waals surface area contributed by atoms with Crippen LogP contribution in [0.25, 0.3) is 0 Å². The van der Waals surface area contributed by atoms with Gasteiger partial charge in [0.15, 0.2) is 0 Å². The first kappa shape index (κ1) is 13.5. The van der Waals surface area contributed by atoms with Crippen LogP contribution in [0.3, 0.4) is 0 Å². The number of benzene rings is 1. The van der Waals surface area contributed by atoms with Crippen LogP contribution in [0.2, 0.25) is 0 Å². The fourth-order valence-corrected chi connectivity index (χ4v) is 3.55. The van der Waals surface area contributed by atoms with Crippen LogP contribution in [0, 0.1) is 5.92 Å². The van der Waals surface area contributed by atoms with Gasteiger partial charge in [0.25, 0.3) is 0 Å². The predicted molar refractivity (Wildman–Crippen MR) is 78.8 cm³/mol. The van der Waals surface area contributed by atoms with Crippen molar-refractivity contribution < 1.29 is 9.53 Å². The largest absolute Gasteiger partial charge is 0.497 e. The number of hydrogen-bond acceptors (Lipinski definition) is 2. The number of amides is 1. The van der Waals surface area contributed by atoms with Gasteiger partial charge in [0.05, 0.1) is 13.2 Å². The molecule has 1 fully saturated rings. The van der Waals surface area contributed by atoms with E-state index in [4.69, 9.17) is 4.74 Å². The molecule has 1 atom stereocenters. The molecule has 0 spiro atoms. The van der Waals surface area contributed by atoms with E-state index in [1.54, 1.807) is 7.11 Å². The van der Waals surface area contributed by atoms with Crippen molar-refractivity contribution >= 4 is 5.91 Å². The fraction of sp³-hybridized carbons (Fsp3) is 0.588. The van der Waals surface area contributed by atoms with Crippen molar-refractivity contribution in [1.29, 1.82) is 0 Å². The Morgan fingerprint density at radius 2 is 2.00 bits per heavy atom. The molecule has 1 saturated carbocycles. The van der Waals surface area contributed by atoms with E-state index in [-0.39, 0.29) is 17.9 Å². The highest BCUT2D eigenvalue weighted by atomic mass is 16.5. The minimum atomic E-state index is 0.192. The Morgan fingerprint density at radius 3 is 2.75 bits per heavy atom. The molecule has 2 aliphatic rings. The maximum Gasteiger partial charge on any atom is 0.223 e. The molecule has 0 saturated heterocycles. The lowest BCUT2D eigenvalue weighted by molar-refractivity contribution is -0.125. The highest BCUT2D eigenvalue weighted by Crippen LogP contribution is 2.33. The van der Waals surface area contributed by atoms with Gasteiger partial charge in [-0.05, 0) is 55.4 Å². The Morgan fingerprint density at radius 1 is 1.20 bits per heavy atom. The second-order valence-corrected chi connectivity index (χ2v) is 6.00. The molecule has 0 radical (unpaired) electrons. The van der Waals surface area contributed by atoms with Crippen molar-refractivity contribution in [3.05, 3.63) is 29.3 Å². The molecule has 3 rings (SSSR count). The molecule has 3 nitrogen and oxygen atoms in total. The Balaban J connectivity index is 1.74. The molecule has 1 N–H and O–H groups in total. The lowest BCUT2D eigenvalue weighted by atomic mass is 9.87. The number of fused-ring (bicyclic) bond motifs is 1. The maximum absolute atomic E-state index is 12.3. The van der Waals surface area contributed by atoms with Gasteiger partial charge in [0, 0.05) is 5.92 Å². The summed E-state index contributed by atoms with van der Waals surface area (Å²) in [5.41, 5.74) is 2.61. The van der Waals surface area contributed by atoms with Crippen molar-refractivity contribution in [2.75, 3.05) is 7.11 Å². The van der Waals surface area contributed by atoms with Crippen LogP contribution in [-0.4, -0.2) is 13.0 Å². The highest BCUT2D eigenvalue weighted by Gasteiger charge is 2.27. The summed E-state index contributed by atoms with van der Waals surface area (Å²) in [6.45, 7) is 0. The molecular formula is C17H23NO2. The smallest absolute Gasteiger partial charge is 0.223 e. The van der Waals surface area contributed by atoms with Gasteiger partial charge in [-0.25, -0.2) is 0 Å². The lowest BCUT2D eigenvalue weighted by Crippen LogP contribution is -2.34. The van der Waals surface area contributed by atoms with Gasteiger partial charge in [-0.1, -0.05) is 18.9 Å². The molecule has 1 aromatic carbocycles. The molecule has 20 heavy (non-hydrogen) atoms. The summed E-state index contributed by atoms with van der Waals surface area (Å²) >= 11 is 0. The third-order valence-corrected chi connectivity index (χ3v) is 4.71. The van der Waals surface area contributed by atoms with Crippen LogP contribution in [-0.2, 0) is 11.2 Å². The summed E-state index contributed by atoms with van der Waals surface area (Å²) in [5.74, 6) is 1.42. The molecule has 3 heteroatoms. The Kier molecular flexibility index (Phi) is 3.95. The van der Waals surface area contributed by atoms with Gasteiger partial charge in [0.2, 0.25) is 5.91 Å². The number of rotatable bonds is 3. The number of carbonyl (C=O) groups excluding carboxylic acids is 1. The van der Waals surface area contributed by atoms with Crippen LogP contribution in [0.1, 0.15) is 55.7 Å². The van der Waals surface area contributed by atoms with E-state index in [9.17, 15) is 4.79 Å². The van der Waals surface area contributed by atoms with Crippen LogP contribution in [0.4, 0.5) is 0 Å². The predicted octanol–water partition coefficient (Wildman–Crippen LogP) is 3.38. The van der Waals surface area contributed by atoms with E-state index in [0.717, 1.165) is 37.9 Å². The average Bonchev–Trinajstić information content (AvgIpc) is 3.01. The molecule has 108 valence electrons. The second kappa shape index (κ2) is 5.86. The van der Waals surface area contributed by atoms with Crippen LogP contribution in [0.5, 0.6) is 5.75 Å². The maximum atomic E-state index is 12.3. The van der Waals surface area contributed by atoms with E-state index in [2.05, 4.69) is 17.4 Å². The first-order chi connectivity index (χ1) is 9.78. The van der Waals surface area contributed by atoms with Crippen molar-refractivity contribution in [3.8, 4) is 5.75 Å². The van der Waals surface area contributed by atoms with E-state index < -0.39 is 0 Å². The molecule has 2 aliphatic carbocycles. The van der Waals surface area contributed by atoms with Crippen LogP contribution >= 0.6 is 0 Å². The van der Waals surface area contributed by atoms with Gasteiger partial charge in [-0.3, -0.25) is 4.79 Å². The Hall–Kier alpha value is -1.51. The minimum absolute atomic E-state index is 0.192. The van der Waals surface area contributed by atoms with E-state index in [1.807, 2.05) is 6.07 Å². The summed E-state index contributed by atoms with van der Waals surface area (Å²) in [7, 11) is 1.70. The van der Waals surface area contributed by atoms with Crippen molar-refractivity contribution in [2.45, 2.75) is 51.0 Å². The molecule has 0 heterocycles. The van der Waals surface area contributed by atoms with E-state index >= 15 is 0 Å². The first-order valence-electron chi connectivity index (χ1n) is 7.75. The summed E-state index contributed by atoms with van der Waals surface area (Å²) in [6, 6.07) is 6.42. The topological polar surface area (TPSA) is 38.3 Å². The zero-order chi connectivity index (χ0) is 13.9. The lowest BCUT2D eigenvalue weighted by Gasteiger charge is -2.27.